The second-order valence-corrected chi connectivity index (χ2v) is 6.59. The van der Waals surface area contributed by atoms with Gasteiger partial charge in [-0.3, -0.25) is 0 Å². The minimum absolute atomic E-state index is 0.0726. The minimum Gasteiger partial charge on any atom is -0.375 e. The lowest BCUT2D eigenvalue weighted by atomic mass is 10.0. The van der Waals surface area contributed by atoms with Gasteiger partial charge in [0.15, 0.2) is 5.13 Å². The molecule has 0 atom stereocenters. The first-order valence-electron chi connectivity index (χ1n) is 6.28. The molecular weight excluding hydrogens is 321 g/mol. The van der Waals surface area contributed by atoms with Crippen LogP contribution in [0.2, 0.25) is 5.02 Å². The Kier molecular flexibility index (Phi) is 4.49. The molecule has 0 amide bonds. The summed E-state index contributed by atoms with van der Waals surface area (Å²) in [6, 6.07) is 3.58. The third-order valence-corrected chi connectivity index (χ3v) is 4.06. The second kappa shape index (κ2) is 5.85. The molecule has 0 fully saturated rings. The largest absolute Gasteiger partial charge is 0.416 e. The first-order chi connectivity index (χ1) is 9.66. The van der Waals surface area contributed by atoms with Crippen molar-refractivity contribution < 1.29 is 13.2 Å². The molecular formula is C14H14ClF3N2S. The predicted octanol–water partition coefficient (Wildman–Crippen LogP) is 5.11. The quantitative estimate of drug-likeness (QED) is 0.847. The smallest absolute Gasteiger partial charge is 0.375 e. The lowest BCUT2D eigenvalue weighted by molar-refractivity contribution is -0.137. The normalized spacial score (nSPS) is 12.1. The van der Waals surface area contributed by atoms with Crippen molar-refractivity contribution in [1.82, 2.24) is 4.98 Å². The van der Waals surface area contributed by atoms with E-state index >= 15 is 0 Å². The summed E-state index contributed by atoms with van der Waals surface area (Å²) in [4.78, 5) is 5.11. The number of nitrogens with two attached hydrogens (primary N) is 1. The van der Waals surface area contributed by atoms with Crippen LogP contribution in [0.25, 0.3) is 0 Å². The molecule has 0 aliphatic carbocycles. The topological polar surface area (TPSA) is 38.9 Å². The Balaban J connectivity index is 2.38. The first kappa shape index (κ1) is 16.1. The van der Waals surface area contributed by atoms with Crippen molar-refractivity contribution in [3.63, 3.8) is 0 Å². The fraction of sp³-hybridized carbons (Fsp3) is 0.357. The van der Waals surface area contributed by atoms with E-state index < -0.39 is 11.7 Å². The van der Waals surface area contributed by atoms with Gasteiger partial charge in [0, 0.05) is 16.3 Å². The molecule has 0 unspecified atom stereocenters. The summed E-state index contributed by atoms with van der Waals surface area (Å²) in [6.45, 7) is 3.94. The van der Waals surface area contributed by atoms with Gasteiger partial charge in [0.2, 0.25) is 0 Å². The first-order valence-corrected chi connectivity index (χ1v) is 7.48. The minimum atomic E-state index is -4.41. The predicted molar refractivity (Wildman–Crippen MR) is 79.9 cm³/mol. The van der Waals surface area contributed by atoms with Gasteiger partial charge in [-0.05, 0) is 29.7 Å². The molecule has 2 aromatic rings. The van der Waals surface area contributed by atoms with Gasteiger partial charge < -0.3 is 5.73 Å². The van der Waals surface area contributed by atoms with E-state index in [1.807, 2.05) is 13.8 Å². The number of nitrogens with zero attached hydrogens (tertiary/aromatic N) is 1. The molecule has 0 spiro atoms. The maximum absolute atomic E-state index is 12.8. The van der Waals surface area contributed by atoms with Crippen LogP contribution in [0.1, 0.15) is 41.5 Å². The van der Waals surface area contributed by atoms with Crippen LogP contribution in [0.15, 0.2) is 18.2 Å². The van der Waals surface area contributed by atoms with Crippen molar-refractivity contribution in [3.8, 4) is 0 Å². The van der Waals surface area contributed by atoms with Crippen LogP contribution in [0, 0.1) is 0 Å². The highest BCUT2D eigenvalue weighted by Gasteiger charge is 2.31. The molecule has 1 aromatic heterocycles. The van der Waals surface area contributed by atoms with E-state index in [0.717, 1.165) is 22.7 Å². The summed E-state index contributed by atoms with van der Waals surface area (Å²) in [6.07, 6.45) is -4.07. The number of thiazole rings is 1. The zero-order valence-electron chi connectivity index (χ0n) is 11.5. The van der Waals surface area contributed by atoms with Crippen LogP contribution in [0.5, 0.6) is 0 Å². The molecule has 21 heavy (non-hydrogen) atoms. The molecule has 2 nitrogen and oxygen atoms in total. The lowest BCUT2D eigenvalue weighted by Crippen LogP contribution is -2.06. The van der Waals surface area contributed by atoms with Crippen LogP contribution in [-0.2, 0) is 12.6 Å². The van der Waals surface area contributed by atoms with E-state index in [0.29, 0.717) is 17.1 Å². The number of halogens is 4. The van der Waals surface area contributed by atoms with Gasteiger partial charge in [0.1, 0.15) is 0 Å². The number of nitrogen functional groups attached to an aromatic ring is 1. The molecule has 0 bridgehead atoms. The molecule has 1 aromatic carbocycles. The maximum atomic E-state index is 12.8. The number of hydrogen-bond acceptors (Lipinski definition) is 3. The Morgan fingerprint density at radius 3 is 2.52 bits per heavy atom. The third-order valence-electron chi connectivity index (χ3n) is 2.94. The number of alkyl halides is 3. The molecule has 1 heterocycles. The Labute approximate surface area is 129 Å². The molecule has 2 N–H and O–H groups in total. The second-order valence-electron chi connectivity index (χ2n) is 5.04. The van der Waals surface area contributed by atoms with Crippen molar-refractivity contribution in [2.45, 2.75) is 32.4 Å². The van der Waals surface area contributed by atoms with Crippen molar-refractivity contribution in [1.29, 1.82) is 0 Å². The van der Waals surface area contributed by atoms with E-state index in [-0.39, 0.29) is 10.9 Å². The van der Waals surface area contributed by atoms with Gasteiger partial charge in [-0.25, -0.2) is 4.98 Å². The fourth-order valence-corrected chi connectivity index (χ4v) is 3.34. The van der Waals surface area contributed by atoms with Crippen molar-refractivity contribution >= 4 is 28.1 Å². The van der Waals surface area contributed by atoms with Gasteiger partial charge in [-0.2, -0.15) is 13.2 Å². The zero-order valence-corrected chi connectivity index (χ0v) is 13.0. The van der Waals surface area contributed by atoms with E-state index in [4.69, 9.17) is 17.3 Å². The van der Waals surface area contributed by atoms with Crippen LogP contribution >= 0.6 is 22.9 Å². The number of benzene rings is 1. The van der Waals surface area contributed by atoms with Gasteiger partial charge in [-0.15, -0.1) is 11.3 Å². The van der Waals surface area contributed by atoms with Crippen LogP contribution in [0.3, 0.4) is 0 Å². The Morgan fingerprint density at radius 1 is 1.29 bits per heavy atom. The van der Waals surface area contributed by atoms with Crippen molar-refractivity contribution in [2.24, 2.45) is 0 Å². The van der Waals surface area contributed by atoms with Gasteiger partial charge >= 0.3 is 6.18 Å². The van der Waals surface area contributed by atoms with Crippen molar-refractivity contribution in [2.75, 3.05) is 5.73 Å². The Hall–Kier alpha value is -1.27. The zero-order chi connectivity index (χ0) is 15.8. The van der Waals surface area contributed by atoms with E-state index in [1.165, 1.54) is 17.4 Å². The van der Waals surface area contributed by atoms with E-state index in [2.05, 4.69) is 4.98 Å². The molecule has 0 saturated heterocycles. The number of rotatable bonds is 3. The summed E-state index contributed by atoms with van der Waals surface area (Å²) in [5, 5.41) is 0.496. The maximum Gasteiger partial charge on any atom is 0.416 e. The summed E-state index contributed by atoms with van der Waals surface area (Å²) in [5.41, 5.74) is 6.28. The summed E-state index contributed by atoms with van der Waals surface area (Å²) < 4.78 is 38.4. The molecule has 0 radical (unpaired) electrons. The third kappa shape index (κ3) is 3.89. The highest BCUT2D eigenvalue weighted by molar-refractivity contribution is 7.15. The molecule has 0 aliphatic heterocycles. The number of hydrogen-bond donors (Lipinski definition) is 1. The lowest BCUT2D eigenvalue weighted by Gasteiger charge is -2.10. The standard InChI is InChI=1S/C14H14ClF3N2S/c1-7(2)12-11(21-13(19)20-12)5-8-3-9(14(16,17)18)6-10(15)4-8/h3-4,6-7H,5H2,1-2H3,(H2,19,20). The van der Waals surface area contributed by atoms with E-state index in [1.54, 1.807) is 0 Å². The number of anilines is 1. The van der Waals surface area contributed by atoms with Crippen LogP contribution in [0.4, 0.5) is 18.3 Å². The SMILES string of the molecule is CC(C)c1nc(N)sc1Cc1cc(Cl)cc(C(F)(F)F)c1. The highest BCUT2D eigenvalue weighted by atomic mass is 35.5. The molecule has 2 rings (SSSR count). The summed E-state index contributed by atoms with van der Waals surface area (Å²) in [7, 11) is 0. The average molecular weight is 335 g/mol. The summed E-state index contributed by atoms with van der Waals surface area (Å²) in [5.74, 6) is 0.162. The summed E-state index contributed by atoms with van der Waals surface area (Å²) >= 11 is 7.09. The Bertz CT molecular complexity index is 650. The highest BCUT2D eigenvalue weighted by Crippen LogP contribution is 2.34. The van der Waals surface area contributed by atoms with Crippen molar-refractivity contribution in [3.05, 3.63) is 44.9 Å². The number of aromatic nitrogens is 1. The molecule has 0 saturated carbocycles. The van der Waals surface area contributed by atoms with E-state index in [9.17, 15) is 13.2 Å². The molecule has 7 heteroatoms. The van der Waals surface area contributed by atoms with Gasteiger partial charge in [0.25, 0.3) is 0 Å². The van der Waals surface area contributed by atoms with Gasteiger partial charge in [0.05, 0.1) is 11.3 Å². The monoisotopic (exact) mass is 334 g/mol. The molecule has 0 aliphatic rings. The fourth-order valence-electron chi connectivity index (χ4n) is 2.06. The van der Waals surface area contributed by atoms with Crippen LogP contribution in [-0.4, -0.2) is 4.98 Å². The molecule has 114 valence electrons. The average Bonchev–Trinajstić information content (AvgIpc) is 2.68. The van der Waals surface area contributed by atoms with Crippen LogP contribution < -0.4 is 5.73 Å². The Morgan fingerprint density at radius 2 is 1.95 bits per heavy atom. The van der Waals surface area contributed by atoms with Gasteiger partial charge in [-0.1, -0.05) is 25.4 Å².